The van der Waals surface area contributed by atoms with E-state index >= 15 is 0 Å². The van der Waals surface area contributed by atoms with Crippen molar-refractivity contribution in [3.63, 3.8) is 0 Å². The number of carbonyl (C=O) groups is 1. The number of sulfonamides is 1. The fourth-order valence-corrected chi connectivity index (χ4v) is 5.34. The molecule has 0 aromatic heterocycles. The summed E-state index contributed by atoms with van der Waals surface area (Å²) in [6.45, 7) is -0.704. The molecule has 168 valence electrons. The Bertz CT molecular complexity index is 1120. The minimum atomic E-state index is -4.75. The number of alkyl halides is 3. The van der Waals surface area contributed by atoms with E-state index in [0.29, 0.717) is 24.5 Å². The lowest BCUT2D eigenvalue weighted by atomic mass is 9.87. The van der Waals surface area contributed by atoms with Crippen molar-refractivity contribution in [3.8, 4) is 5.75 Å². The number of ether oxygens (including phenoxy) is 1. The summed E-state index contributed by atoms with van der Waals surface area (Å²) >= 11 is 2.89. The largest absolute Gasteiger partial charge is 0.482 e. The molecule has 2 N–H and O–H groups in total. The summed E-state index contributed by atoms with van der Waals surface area (Å²) in [5, 5.41) is 8.79. The molecule has 1 aliphatic carbocycles. The van der Waals surface area contributed by atoms with Gasteiger partial charge in [0, 0.05) is 16.6 Å². The predicted molar refractivity (Wildman–Crippen MR) is 105 cm³/mol. The highest BCUT2D eigenvalue weighted by molar-refractivity contribution is 9.10. The summed E-state index contributed by atoms with van der Waals surface area (Å²) in [6, 6.07) is 3.51. The molecule has 1 aliphatic rings. The molecule has 0 amide bonds. The Morgan fingerprint density at radius 3 is 2.58 bits per heavy atom. The lowest BCUT2D eigenvalue weighted by molar-refractivity contribution is -0.139. The third-order valence-corrected chi connectivity index (χ3v) is 6.57. The van der Waals surface area contributed by atoms with Gasteiger partial charge in [-0.3, -0.25) is 0 Å². The van der Waals surface area contributed by atoms with Crippen LogP contribution in [0.4, 0.5) is 17.6 Å². The van der Waals surface area contributed by atoms with Crippen molar-refractivity contribution in [1.82, 2.24) is 4.72 Å². The van der Waals surface area contributed by atoms with E-state index in [1.54, 1.807) is 0 Å². The SMILES string of the molecule is O=C(O)COc1cc(F)cc2c1CCCC2NS(=O)(=O)c1cc(Br)cc(C(F)(F)F)c1. The molecule has 2 aromatic rings. The second-order valence-electron chi connectivity index (χ2n) is 6.89. The maximum Gasteiger partial charge on any atom is 0.416 e. The highest BCUT2D eigenvalue weighted by Gasteiger charge is 2.34. The number of hydrogen-bond donors (Lipinski definition) is 2. The van der Waals surface area contributed by atoms with Crippen molar-refractivity contribution >= 4 is 31.9 Å². The van der Waals surface area contributed by atoms with E-state index in [1.807, 2.05) is 0 Å². The van der Waals surface area contributed by atoms with Crippen LogP contribution in [0.5, 0.6) is 5.75 Å². The van der Waals surface area contributed by atoms with E-state index in [-0.39, 0.29) is 22.2 Å². The van der Waals surface area contributed by atoms with Crippen molar-refractivity contribution in [1.29, 1.82) is 0 Å². The normalized spacial score (nSPS) is 16.6. The van der Waals surface area contributed by atoms with Gasteiger partial charge in [-0.1, -0.05) is 15.9 Å². The molecule has 0 saturated heterocycles. The van der Waals surface area contributed by atoms with Crippen LogP contribution in [0.2, 0.25) is 0 Å². The second kappa shape index (κ2) is 8.75. The summed E-state index contributed by atoms with van der Waals surface area (Å²) in [4.78, 5) is 10.2. The first kappa shape index (κ1) is 23.5. The molecule has 12 heteroatoms. The standard InChI is InChI=1S/C19H16BrF4NO5S/c20-11-4-10(19(22,23)24)5-13(6-11)31(28,29)25-16-3-1-2-14-15(16)7-12(21)8-17(14)30-9-18(26)27/h4-8,16,25H,1-3,9H2,(H,26,27). The predicted octanol–water partition coefficient (Wildman–Crippen LogP) is 4.43. The van der Waals surface area contributed by atoms with Crippen molar-refractivity contribution in [2.45, 2.75) is 36.4 Å². The molecule has 0 saturated carbocycles. The van der Waals surface area contributed by atoms with Gasteiger partial charge in [0.2, 0.25) is 10.0 Å². The van der Waals surface area contributed by atoms with Crippen LogP contribution in [-0.2, 0) is 27.4 Å². The molecule has 1 unspecified atom stereocenters. The third kappa shape index (κ3) is 5.55. The van der Waals surface area contributed by atoms with Gasteiger partial charge in [-0.15, -0.1) is 0 Å². The minimum absolute atomic E-state index is 0.0110. The van der Waals surface area contributed by atoms with E-state index < -0.39 is 51.1 Å². The fourth-order valence-electron chi connectivity index (χ4n) is 3.38. The first-order chi connectivity index (χ1) is 14.4. The number of halogens is 5. The number of rotatable bonds is 6. The van der Waals surface area contributed by atoms with Gasteiger partial charge < -0.3 is 9.84 Å². The smallest absolute Gasteiger partial charge is 0.416 e. The first-order valence-corrected chi connectivity index (χ1v) is 11.2. The zero-order chi connectivity index (χ0) is 23.0. The van der Waals surface area contributed by atoms with Gasteiger partial charge >= 0.3 is 12.1 Å². The molecule has 6 nitrogen and oxygen atoms in total. The van der Waals surface area contributed by atoms with Crippen LogP contribution in [0.1, 0.15) is 35.6 Å². The lowest BCUT2D eigenvalue weighted by Crippen LogP contribution is -2.31. The molecule has 0 aliphatic heterocycles. The van der Waals surface area contributed by atoms with Crippen LogP contribution in [0.3, 0.4) is 0 Å². The highest BCUT2D eigenvalue weighted by Crippen LogP contribution is 2.38. The summed E-state index contributed by atoms with van der Waals surface area (Å²) in [6.07, 6.45) is -3.60. The number of carboxylic acid groups (broad SMARTS) is 1. The number of fused-ring (bicyclic) bond motifs is 1. The molecule has 0 radical (unpaired) electrons. The Hall–Kier alpha value is -2.18. The number of hydrogen-bond acceptors (Lipinski definition) is 4. The van der Waals surface area contributed by atoms with Crippen molar-refractivity contribution in [3.05, 3.63) is 57.3 Å². The third-order valence-electron chi connectivity index (χ3n) is 4.66. The van der Waals surface area contributed by atoms with Crippen LogP contribution in [0, 0.1) is 5.82 Å². The molecule has 2 aromatic carbocycles. The van der Waals surface area contributed by atoms with E-state index in [2.05, 4.69) is 20.7 Å². The maximum absolute atomic E-state index is 14.1. The van der Waals surface area contributed by atoms with Crippen LogP contribution >= 0.6 is 15.9 Å². The first-order valence-electron chi connectivity index (χ1n) is 8.94. The Kier molecular flexibility index (Phi) is 6.63. The quantitative estimate of drug-likeness (QED) is 0.544. The van der Waals surface area contributed by atoms with Gasteiger partial charge in [0.15, 0.2) is 6.61 Å². The Morgan fingerprint density at radius 1 is 1.23 bits per heavy atom. The van der Waals surface area contributed by atoms with Crippen LogP contribution in [0.25, 0.3) is 0 Å². The molecule has 31 heavy (non-hydrogen) atoms. The average molecular weight is 526 g/mol. The molecule has 3 rings (SSSR count). The topological polar surface area (TPSA) is 92.7 Å². The molecular formula is C19H16BrF4NO5S. The Morgan fingerprint density at radius 2 is 1.94 bits per heavy atom. The van der Waals surface area contributed by atoms with Crippen LogP contribution < -0.4 is 9.46 Å². The molecule has 0 spiro atoms. The second-order valence-corrected chi connectivity index (χ2v) is 9.52. The van der Waals surface area contributed by atoms with Gasteiger partial charge in [-0.2, -0.15) is 13.2 Å². The molecular weight excluding hydrogens is 510 g/mol. The van der Waals surface area contributed by atoms with Gasteiger partial charge in [0.25, 0.3) is 0 Å². The van der Waals surface area contributed by atoms with E-state index in [4.69, 9.17) is 9.84 Å². The lowest BCUT2D eigenvalue weighted by Gasteiger charge is -2.28. The zero-order valence-corrected chi connectivity index (χ0v) is 18.1. The number of benzene rings is 2. The summed E-state index contributed by atoms with van der Waals surface area (Å²) in [5.74, 6) is -2.03. The number of aliphatic carboxylic acids is 1. The monoisotopic (exact) mass is 525 g/mol. The molecule has 0 heterocycles. The minimum Gasteiger partial charge on any atom is -0.482 e. The van der Waals surface area contributed by atoms with Crippen LogP contribution in [0.15, 0.2) is 39.7 Å². The molecule has 0 fully saturated rings. The summed E-state index contributed by atoms with van der Waals surface area (Å²) in [5.41, 5.74) is -0.435. The van der Waals surface area contributed by atoms with Gasteiger partial charge in [0.05, 0.1) is 10.5 Å². The van der Waals surface area contributed by atoms with Crippen molar-refractivity contribution in [2.24, 2.45) is 0 Å². The number of nitrogens with one attached hydrogen (secondary N) is 1. The average Bonchev–Trinajstić information content (AvgIpc) is 2.65. The van der Waals surface area contributed by atoms with E-state index in [0.717, 1.165) is 24.3 Å². The van der Waals surface area contributed by atoms with Gasteiger partial charge in [0.1, 0.15) is 11.6 Å². The number of carboxylic acids is 1. The van der Waals surface area contributed by atoms with E-state index in [9.17, 15) is 30.8 Å². The molecule has 1 atom stereocenters. The van der Waals surface area contributed by atoms with Crippen molar-refractivity contribution in [2.75, 3.05) is 6.61 Å². The Balaban J connectivity index is 1.96. The van der Waals surface area contributed by atoms with Crippen molar-refractivity contribution < 1.29 is 40.6 Å². The summed E-state index contributed by atoms with van der Waals surface area (Å²) < 4.78 is 86.4. The van der Waals surface area contributed by atoms with Gasteiger partial charge in [-0.25, -0.2) is 22.3 Å². The maximum atomic E-state index is 14.1. The zero-order valence-electron chi connectivity index (χ0n) is 15.7. The Labute approximate surface area is 183 Å². The fraction of sp³-hybridized carbons (Fsp3) is 0.316. The van der Waals surface area contributed by atoms with Crippen LogP contribution in [-0.4, -0.2) is 26.1 Å². The van der Waals surface area contributed by atoms with Gasteiger partial charge in [-0.05, 0) is 54.7 Å². The molecule has 0 bridgehead atoms. The summed E-state index contributed by atoms with van der Waals surface area (Å²) in [7, 11) is -4.40. The highest BCUT2D eigenvalue weighted by atomic mass is 79.9. The van der Waals surface area contributed by atoms with E-state index in [1.165, 1.54) is 0 Å².